The van der Waals surface area contributed by atoms with Crippen LogP contribution < -0.4 is 15.4 Å². The lowest BCUT2D eigenvalue weighted by Crippen LogP contribution is -2.25. The zero-order valence-corrected chi connectivity index (χ0v) is 12.4. The fourth-order valence-electron chi connectivity index (χ4n) is 1.73. The van der Waals surface area contributed by atoms with Crippen LogP contribution in [-0.2, 0) is 0 Å². The third-order valence-corrected chi connectivity index (χ3v) is 3.88. The smallest absolute Gasteiger partial charge is 0.268 e. The number of hydrogen-bond donors (Lipinski definition) is 2. The van der Waals surface area contributed by atoms with Crippen LogP contribution in [0.3, 0.4) is 0 Å². The monoisotopic (exact) mass is 305 g/mol. The summed E-state index contributed by atoms with van der Waals surface area (Å²) in [5.74, 6) is 0.567. The van der Waals surface area contributed by atoms with E-state index in [-0.39, 0.29) is 11.7 Å². The predicted molar refractivity (Wildman–Crippen MR) is 82.6 cm³/mol. The van der Waals surface area contributed by atoms with Crippen LogP contribution in [0.2, 0.25) is 0 Å². The quantitative estimate of drug-likeness (QED) is 0.392. The molecule has 0 unspecified atom stereocenters. The maximum atomic E-state index is 12.3. The molecule has 0 aliphatic heterocycles. The Morgan fingerprint density at radius 3 is 2.57 bits per heavy atom. The highest BCUT2D eigenvalue weighted by molar-refractivity contribution is 7.12. The van der Waals surface area contributed by atoms with Gasteiger partial charge in [0.05, 0.1) is 12.0 Å². The summed E-state index contributed by atoms with van der Waals surface area (Å²) < 4.78 is 5.07. The Hall–Kier alpha value is -2.54. The first kappa shape index (κ1) is 14.9. The van der Waals surface area contributed by atoms with Crippen LogP contribution in [0, 0.1) is 0 Å². The molecule has 0 fully saturated rings. The fraction of sp³-hybridized carbons (Fsp3) is 0.143. The molecule has 1 heterocycles. The standard InChI is InChI=1S/C14H15N3O3S/c1-17(14(18)12-7-11(20-2)8-21-12)10-5-3-9(4-6-10)13(15)16-19/h3-8,19H,1-2H3,(H2,15,16). The lowest BCUT2D eigenvalue weighted by molar-refractivity contribution is 0.0996. The Balaban J connectivity index is 2.19. The SMILES string of the molecule is COc1csc(C(=O)N(C)c2ccc(/C(N)=N/O)cc2)c1. The Morgan fingerprint density at radius 2 is 2.05 bits per heavy atom. The third kappa shape index (κ3) is 3.14. The van der Waals surface area contributed by atoms with Gasteiger partial charge in [0.15, 0.2) is 5.84 Å². The number of ether oxygens (including phenoxy) is 1. The summed E-state index contributed by atoms with van der Waals surface area (Å²) in [7, 11) is 3.25. The molecule has 110 valence electrons. The van der Waals surface area contributed by atoms with Gasteiger partial charge in [-0.25, -0.2) is 0 Å². The minimum absolute atomic E-state index is 0.0264. The Kier molecular flexibility index (Phi) is 4.44. The molecule has 0 saturated carbocycles. The molecule has 0 saturated heterocycles. The van der Waals surface area contributed by atoms with Crippen molar-refractivity contribution < 1.29 is 14.7 Å². The molecule has 0 radical (unpaired) electrons. The molecule has 7 heteroatoms. The summed E-state index contributed by atoms with van der Waals surface area (Å²) in [6.07, 6.45) is 0. The first-order chi connectivity index (χ1) is 10.1. The summed E-state index contributed by atoms with van der Waals surface area (Å²) in [5.41, 5.74) is 6.79. The molecule has 1 aromatic carbocycles. The molecule has 1 amide bonds. The molecule has 0 bridgehead atoms. The van der Waals surface area contributed by atoms with Crippen LogP contribution in [0.5, 0.6) is 5.75 Å². The van der Waals surface area contributed by atoms with Crippen molar-refractivity contribution in [3.05, 3.63) is 46.2 Å². The van der Waals surface area contributed by atoms with E-state index in [2.05, 4.69) is 5.16 Å². The third-order valence-electron chi connectivity index (χ3n) is 2.98. The van der Waals surface area contributed by atoms with Crippen molar-refractivity contribution in [2.75, 3.05) is 19.1 Å². The molecule has 0 spiro atoms. The van der Waals surface area contributed by atoms with E-state index in [1.165, 1.54) is 16.2 Å². The lowest BCUT2D eigenvalue weighted by Gasteiger charge is -2.16. The second-order valence-electron chi connectivity index (χ2n) is 4.25. The molecule has 2 aromatic rings. The maximum absolute atomic E-state index is 12.3. The zero-order valence-electron chi connectivity index (χ0n) is 11.6. The average molecular weight is 305 g/mol. The number of nitrogens with zero attached hydrogens (tertiary/aromatic N) is 2. The van der Waals surface area contributed by atoms with Gasteiger partial charge in [-0.3, -0.25) is 4.79 Å². The Labute approximate surface area is 126 Å². The van der Waals surface area contributed by atoms with E-state index in [9.17, 15) is 4.79 Å². The van der Waals surface area contributed by atoms with Gasteiger partial charge in [-0.2, -0.15) is 0 Å². The van der Waals surface area contributed by atoms with E-state index in [4.69, 9.17) is 15.7 Å². The number of methoxy groups -OCH3 is 1. The van der Waals surface area contributed by atoms with Crippen LogP contribution in [0.1, 0.15) is 15.2 Å². The van der Waals surface area contributed by atoms with Crippen LogP contribution in [-0.4, -0.2) is 31.1 Å². The van der Waals surface area contributed by atoms with Crippen molar-refractivity contribution in [2.45, 2.75) is 0 Å². The molecular formula is C14H15N3O3S. The molecule has 0 aliphatic rings. The number of nitrogens with two attached hydrogens (primary N) is 1. The van der Waals surface area contributed by atoms with E-state index < -0.39 is 0 Å². The van der Waals surface area contributed by atoms with Gasteiger partial charge >= 0.3 is 0 Å². The van der Waals surface area contributed by atoms with Crippen molar-refractivity contribution in [1.82, 2.24) is 0 Å². The normalized spacial score (nSPS) is 11.2. The first-order valence-corrected chi connectivity index (χ1v) is 6.93. The van der Waals surface area contributed by atoms with E-state index in [1.54, 1.807) is 49.9 Å². The molecule has 0 aliphatic carbocycles. The highest BCUT2D eigenvalue weighted by Crippen LogP contribution is 2.24. The van der Waals surface area contributed by atoms with Crippen molar-refractivity contribution >= 4 is 28.8 Å². The van der Waals surface area contributed by atoms with Crippen molar-refractivity contribution in [3.63, 3.8) is 0 Å². The van der Waals surface area contributed by atoms with E-state index in [0.717, 1.165) is 0 Å². The average Bonchev–Trinajstić information content (AvgIpc) is 3.02. The highest BCUT2D eigenvalue weighted by atomic mass is 32.1. The number of carbonyl (C=O) groups excluding carboxylic acids is 1. The molecule has 21 heavy (non-hydrogen) atoms. The van der Waals surface area contributed by atoms with Crippen LogP contribution in [0.25, 0.3) is 0 Å². The van der Waals surface area contributed by atoms with Crippen molar-refractivity contribution in [2.24, 2.45) is 10.9 Å². The minimum Gasteiger partial charge on any atom is -0.496 e. The van der Waals surface area contributed by atoms with Crippen molar-refractivity contribution in [1.29, 1.82) is 0 Å². The second kappa shape index (κ2) is 6.27. The Morgan fingerprint density at radius 1 is 1.38 bits per heavy atom. The number of amidine groups is 1. The van der Waals surface area contributed by atoms with Gasteiger partial charge in [-0.1, -0.05) is 5.16 Å². The van der Waals surface area contributed by atoms with Crippen LogP contribution in [0.4, 0.5) is 5.69 Å². The minimum atomic E-state index is -0.125. The summed E-state index contributed by atoms with van der Waals surface area (Å²) in [6, 6.07) is 8.53. The van der Waals surface area contributed by atoms with Gasteiger partial charge in [-0.15, -0.1) is 11.3 Å². The van der Waals surface area contributed by atoms with Crippen molar-refractivity contribution in [3.8, 4) is 5.75 Å². The largest absolute Gasteiger partial charge is 0.496 e. The number of oxime groups is 1. The first-order valence-electron chi connectivity index (χ1n) is 6.05. The maximum Gasteiger partial charge on any atom is 0.268 e. The van der Waals surface area contributed by atoms with Crippen LogP contribution in [0.15, 0.2) is 40.9 Å². The molecule has 0 atom stereocenters. The number of hydrogen-bond acceptors (Lipinski definition) is 5. The van der Waals surface area contributed by atoms with Gasteiger partial charge in [0.2, 0.25) is 0 Å². The summed E-state index contributed by atoms with van der Waals surface area (Å²) >= 11 is 1.33. The topological polar surface area (TPSA) is 88.2 Å². The predicted octanol–water partition coefficient (Wildman–Crippen LogP) is 2.13. The molecular weight excluding hydrogens is 290 g/mol. The van der Waals surface area contributed by atoms with Gasteiger partial charge in [0, 0.05) is 29.7 Å². The summed E-state index contributed by atoms with van der Waals surface area (Å²) in [4.78, 5) is 14.5. The summed E-state index contributed by atoms with van der Waals surface area (Å²) in [5, 5.41) is 13.3. The number of benzene rings is 1. The van der Waals surface area contributed by atoms with Gasteiger partial charge in [-0.05, 0) is 24.3 Å². The Bertz CT molecular complexity index is 664. The lowest BCUT2D eigenvalue weighted by atomic mass is 10.2. The van der Waals surface area contributed by atoms with Gasteiger partial charge in [0.25, 0.3) is 5.91 Å². The molecule has 3 N–H and O–H groups in total. The zero-order chi connectivity index (χ0) is 15.4. The van der Waals surface area contributed by atoms with Gasteiger partial charge in [0.1, 0.15) is 5.75 Å². The number of amides is 1. The molecule has 1 aromatic heterocycles. The van der Waals surface area contributed by atoms with E-state index >= 15 is 0 Å². The second-order valence-corrected chi connectivity index (χ2v) is 5.16. The van der Waals surface area contributed by atoms with E-state index in [0.29, 0.717) is 21.9 Å². The fourth-order valence-corrected chi connectivity index (χ4v) is 2.56. The van der Waals surface area contributed by atoms with E-state index in [1.807, 2.05) is 0 Å². The van der Waals surface area contributed by atoms with Crippen LogP contribution >= 0.6 is 11.3 Å². The number of carbonyl (C=O) groups is 1. The van der Waals surface area contributed by atoms with Gasteiger partial charge < -0.3 is 20.6 Å². The molecule has 2 rings (SSSR count). The number of thiophene rings is 1. The highest BCUT2D eigenvalue weighted by Gasteiger charge is 2.16. The number of anilines is 1. The summed E-state index contributed by atoms with van der Waals surface area (Å²) in [6.45, 7) is 0. The number of rotatable bonds is 4. The molecule has 6 nitrogen and oxygen atoms in total.